The molecular weight excluding hydrogens is 319 g/mol. The number of hydrogen-bond donors (Lipinski definition) is 1. The molecule has 0 saturated heterocycles. The zero-order chi connectivity index (χ0) is 14.5. The molecule has 0 amide bonds. The van der Waals surface area contributed by atoms with Gasteiger partial charge in [0.15, 0.2) is 0 Å². The van der Waals surface area contributed by atoms with Crippen LogP contribution in [0.3, 0.4) is 0 Å². The molecule has 0 bridgehead atoms. The van der Waals surface area contributed by atoms with E-state index in [0.717, 1.165) is 16.5 Å². The average molecular weight is 333 g/mol. The number of hydrogen-bond acceptors (Lipinski definition) is 2. The summed E-state index contributed by atoms with van der Waals surface area (Å²) in [6.07, 6.45) is 0.829. The molecule has 0 aliphatic heterocycles. The molecule has 2 nitrogen and oxygen atoms in total. The topological polar surface area (TPSA) is 35.8 Å². The van der Waals surface area contributed by atoms with Crippen LogP contribution in [0.15, 0.2) is 46.9 Å². The molecule has 0 aliphatic rings. The minimum atomic E-state index is -0.405. The molecule has 1 N–H and O–H groups in total. The fraction of sp³-hybridized carbons (Fsp3) is 0.188. The third kappa shape index (κ3) is 3.37. The first-order valence-electron chi connectivity index (χ1n) is 6.35. The largest absolute Gasteiger partial charge is 0.376 e. The molecule has 2 aromatic carbocycles. The highest BCUT2D eigenvalue weighted by molar-refractivity contribution is 9.10. The summed E-state index contributed by atoms with van der Waals surface area (Å²) in [6, 6.07) is 14.4. The third-order valence-corrected chi connectivity index (χ3v) is 3.58. The van der Waals surface area contributed by atoms with E-state index < -0.39 is 5.82 Å². The Kier molecular flexibility index (Phi) is 4.75. The molecule has 20 heavy (non-hydrogen) atoms. The quantitative estimate of drug-likeness (QED) is 0.852. The SMILES string of the molecule is CCC(Nc1ccc(C#N)cc1F)c1cccc(Br)c1. The van der Waals surface area contributed by atoms with Gasteiger partial charge in [0.25, 0.3) is 0 Å². The number of benzene rings is 2. The monoisotopic (exact) mass is 332 g/mol. The Morgan fingerprint density at radius 2 is 2.10 bits per heavy atom. The van der Waals surface area contributed by atoms with Gasteiger partial charge in [0.05, 0.1) is 23.4 Å². The van der Waals surface area contributed by atoms with Gasteiger partial charge in [0.1, 0.15) is 5.82 Å². The number of halogens is 2. The molecule has 0 spiro atoms. The lowest BCUT2D eigenvalue weighted by atomic mass is 10.0. The molecule has 2 aromatic rings. The highest BCUT2D eigenvalue weighted by Crippen LogP contribution is 2.26. The van der Waals surface area contributed by atoms with Crippen LogP contribution < -0.4 is 5.32 Å². The Morgan fingerprint density at radius 3 is 2.70 bits per heavy atom. The van der Waals surface area contributed by atoms with Crippen molar-refractivity contribution in [3.05, 3.63) is 63.9 Å². The second-order valence-corrected chi connectivity index (χ2v) is 5.38. The highest BCUT2D eigenvalue weighted by atomic mass is 79.9. The van der Waals surface area contributed by atoms with Gasteiger partial charge >= 0.3 is 0 Å². The first-order valence-corrected chi connectivity index (χ1v) is 7.15. The molecule has 0 fully saturated rings. The molecule has 0 aromatic heterocycles. The van der Waals surface area contributed by atoms with Gasteiger partial charge in [-0.2, -0.15) is 5.26 Å². The Balaban J connectivity index is 2.25. The van der Waals surface area contributed by atoms with Crippen LogP contribution in [0.5, 0.6) is 0 Å². The molecule has 2 rings (SSSR count). The number of anilines is 1. The Bertz CT molecular complexity index is 649. The number of nitriles is 1. The van der Waals surface area contributed by atoms with Crippen molar-refractivity contribution in [3.8, 4) is 6.07 Å². The van der Waals surface area contributed by atoms with Crippen molar-refractivity contribution in [3.63, 3.8) is 0 Å². The average Bonchev–Trinajstić information content (AvgIpc) is 2.46. The van der Waals surface area contributed by atoms with Crippen LogP contribution in [0.1, 0.15) is 30.5 Å². The van der Waals surface area contributed by atoms with Gasteiger partial charge in [-0.25, -0.2) is 4.39 Å². The van der Waals surface area contributed by atoms with Crippen LogP contribution in [0.4, 0.5) is 10.1 Å². The predicted molar refractivity (Wildman–Crippen MR) is 81.9 cm³/mol. The van der Waals surface area contributed by atoms with E-state index in [-0.39, 0.29) is 6.04 Å². The smallest absolute Gasteiger partial charge is 0.147 e. The van der Waals surface area contributed by atoms with E-state index in [2.05, 4.69) is 21.2 Å². The predicted octanol–water partition coefficient (Wildman–Crippen LogP) is 5.02. The van der Waals surface area contributed by atoms with Crippen LogP contribution in [-0.2, 0) is 0 Å². The van der Waals surface area contributed by atoms with Crippen LogP contribution in [0, 0.1) is 17.1 Å². The summed E-state index contributed by atoms with van der Waals surface area (Å²) in [5, 5.41) is 11.9. The van der Waals surface area contributed by atoms with Crippen LogP contribution in [-0.4, -0.2) is 0 Å². The lowest BCUT2D eigenvalue weighted by Crippen LogP contribution is -2.10. The molecule has 0 radical (unpaired) electrons. The van der Waals surface area contributed by atoms with Crippen molar-refractivity contribution < 1.29 is 4.39 Å². The Hall–Kier alpha value is -1.86. The third-order valence-electron chi connectivity index (χ3n) is 3.09. The maximum atomic E-state index is 13.9. The minimum absolute atomic E-state index is 0.0231. The van der Waals surface area contributed by atoms with Crippen molar-refractivity contribution in [2.75, 3.05) is 5.32 Å². The molecule has 0 saturated carbocycles. The molecular formula is C16H14BrFN2. The minimum Gasteiger partial charge on any atom is -0.376 e. The summed E-state index contributed by atoms with van der Waals surface area (Å²) in [5.74, 6) is -0.405. The van der Waals surface area contributed by atoms with Crippen LogP contribution in [0.2, 0.25) is 0 Å². The zero-order valence-electron chi connectivity index (χ0n) is 11.0. The first kappa shape index (κ1) is 14.5. The fourth-order valence-corrected chi connectivity index (χ4v) is 2.45. The van der Waals surface area contributed by atoms with Crippen molar-refractivity contribution in [2.45, 2.75) is 19.4 Å². The van der Waals surface area contributed by atoms with E-state index >= 15 is 0 Å². The van der Waals surface area contributed by atoms with E-state index in [9.17, 15) is 4.39 Å². The van der Waals surface area contributed by atoms with E-state index in [4.69, 9.17) is 5.26 Å². The number of rotatable bonds is 4. The second kappa shape index (κ2) is 6.53. The molecule has 102 valence electrons. The summed E-state index contributed by atoms with van der Waals surface area (Å²) >= 11 is 3.44. The standard InChI is InChI=1S/C16H14BrFN2/c1-2-15(12-4-3-5-13(17)9-12)20-16-7-6-11(10-19)8-14(16)18/h3-9,15,20H,2H2,1H3. The number of nitrogens with zero attached hydrogens (tertiary/aromatic N) is 1. The maximum absolute atomic E-state index is 13.9. The summed E-state index contributed by atoms with van der Waals surface area (Å²) < 4.78 is 14.9. The van der Waals surface area contributed by atoms with Gasteiger partial charge in [0, 0.05) is 4.47 Å². The summed E-state index contributed by atoms with van der Waals surface area (Å²) in [7, 11) is 0. The highest BCUT2D eigenvalue weighted by Gasteiger charge is 2.12. The van der Waals surface area contributed by atoms with Gasteiger partial charge in [-0.15, -0.1) is 0 Å². The normalized spacial score (nSPS) is 11.7. The molecule has 0 heterocycles. The Labute approximate surface area is 126 Å². The van der Waals surface area contributed by atoms with Gasteiger partial charge in [-0.1, -0.05) is 35.0 Å². The number of nitrogens with one attached hydrogen (secondary N) is 1. The van der Waals surface area contributed by atoms with Crippen LogP contribution in [0.25, 0.3) is 0 Å². The van der Waals surface area contributed by atoms with E-state index in [1.54, 1.807) is 12.1 Å². The first-order chi connectivity index (χ1) is 9.63. The molecule has 0 aliphatic carbocycles. The summed E-state index contributed by atoms with van der Waals surface area (Å²) in [6.45, 7) is 2.04. The fourth-order valence-electron chi connectivity index (χ4n) is 2.03. The summed E-state index contributed by atoms with van der Waals surface area (Å²) in [4.78, 5) is 0. The van der Waals surface area contributed by atoms with Crippen molar-refractivity contribution in [2.24, 2.45) is 0 Å². The summed E-state index contributed by atoms with van der Waals surface area (Å²) in [5.41, 5.74) is 1.82. The molecule has 1 unspecified atom stereocenters. The molecule has 4 heteroatoms. The van der Waals surface area contributed by atoms with Gasteiger partial charge in [0.2, 0.25) is 0 Å². The van der Waals surface area contributed by atoms with Gasteiger partial charge in [-0.05, 0) is 42.3 Å². The van der Waals surface area contributed by atoms with Gasteiger partial charge in [-0.3, -0.25) is 0 Å². The van der Waals surface area contributed by atoms with Crippen LogP contribution >= 0.6 is 15.9 Å². The van der Waals surface area contributed by atoms with E-state index in [1.165, 1.54) is 6.07 Å². The Morgan fingerprint density at radius 1 is 1.30 bits per heavy atom. The lowest BCUT2D eigenvalue weighted by Gasteiger charge is -2.19. The van der Waals surface area contributed by atoms with Gasteiger partial charge < -0.3 is 5.32 Å². The van der Waals surface area contributed by atoms with Crippen molar-refractivity contribution >= 4 is 21.6 Å². The maximum Gasteiger partial charge on any atom is 0.147 e. The van der Waals surface area contributed by atoms with E-state index in [0.29, 0.717) is 11.3 Å². The van der Waals surface area contributed by atoms with E-state index in [1.807, 2.05) is 37.3 Å². The van der Waals surface area contributed by atoms with Crippen molar-refractivity contribution in [1.82, 2.24) is 0 Å². The second-order valence-electron chi connectivity index (χ2n) is 4.47. The lowest BCUT2D eigenvalue weighted by molar-refractivity contribution is 0.623. The zero-order valence-corrected chi connectivity index (χ0v) is 12.6. The van der Waals surface area contributed by atoms with Crippen molar-refractivity contribution in [1.29, 1.82) is 5.26 Å². The molecule has 1 atom stereocenters.